The number of ether oxygens (including phenoxy) is 1. The van der Waals surface area contributed by atoms with Gasteiger partial charge in [-0.05, 0) is 6.07 Å². The number of anilines is 1. The smallest absolute Gasteiger partial charge is 0.229 e. The summed E-state index contributed by atoms with van der Waals surface area (Å²) in [5, 5.41) is 3.01. The Morgan fingerprint density at radius 3 is 2.80 bits per heavy atom. The lowest BCUT2D eigenvalue weighted by molar-refractivity contribution is 0.371. The maximum atomic E-state index is 13.3. The minimum atomic E-state index is -3.45. The van der Waals surface area contributed by atoms with Crippen LogP contribution < -0.4 is 14.8 Å². The molecule has 1 aliphatic heterocycles. The van der Waals surface area contributed by atoms with E-state index in [0.717, 1.165) is 18.9 Å². The van der Waals surface area contributed by atoms with Crippen LogP contribution in [0.15, 0.2) is 23.2 Å². The van der Waals surface area contributed by atoms with Crippen LogP contribution in [0.25, 0.3) is 0 Å². The summed E-state index contributed by atoms with van der Waals surface area (Å²) in [4.78, 5) is 4.13. The Morgan fingerprint density at radius 2 is 2.20 bits per heavy atom. The number of benzene rings is 1. The molecule has 0 aliphatic carbocycles. The number of nitrogens with zero attached hydrogens (tertiary/aromatic N) is 1. The topological polar surface area (TPSA) is 79.8 Å². The molecule has 0 saturated heterocycles. The van der Waals surface area contributed by atoms with Gasteiger partial charge < -0.3 is 10.1 Å². The Labute approximate surface area is 122 Å². The molecule has 0 spiro atoms. The molecule has 2 rings (SSSR count). The normalized spacial score (nSPS) is 14.0. The van der Waals surface area contributed by atoms with Crippen LogP contribution in [0.1, 0.15) is 0 Å². The fourth-order valence-electron chi connectivity index (χ4n) is 1.61. The van der Waals surface area contributed by atoms with Crippen molar-refractivity contribution in [1.29, 1.82) is 0 Å². The molecule has 0 bridgehead atoms. The summed E-state index contributed by atoms with van der Waals surface area (Å²) < 4.78 is 43.1. The number of rotatable bonds is 5. The van der Waals surface area contributed by atoms with Gasteiger partial charge in [0.05, 0.1) is 18.5 Å². The van der Waals surface area contributed by atoms with E-state index in [1.165, 1.54) is 12.1 Å². The van der Waals surface area contributed by atoms with Gasteiger partial charge in [-0.25, -0.2) is 12.8 Å². The predicted octanol–water partition coefficient (Wildman–Crippen LogP) is 0.999. The molecule has 6 nitrogen and oxygen atoms in total. The fourth-order valence-corrected chi connectivity index (χ4v) is 2.16. The molecule has 1 aromatic carbocycles. The van der Waals surface area contributed by atoms with Crippen molar-refractivity contribution in [3.05, 3.63) is 24.0 Å². The van der Waals surface area contributed by atoms with Crippen molar-refractivity contribution in [1.82, 2.24) is 5.32 Å². The van der Waals surface area contributed by atoms with Crippen LogP contribution in [0, 0.1) is 5.82 Å². The van der Waals surface area contributed by atoms with Crippen molar-refractivity contribution >= 4 is 34.0 Å². The lowest BCUT2D eigenvalue weighted by Gasteiger charge is -2.09. The van der Waals surface area contributed by atoms with Gasteiger partial charge in [-0.3, -0.25) is 9.71 Å². The van der Waals surface area contributed by atoms with E-state index in [0.29, 0.717) is 12.4 Å². The lowest BCUT2D eigenvalue weighted by atomic mass is 10.3. The third-order valence-electron chi connectivity index (χ3n) is 2.29. The summed E-state index contributed by atoms with van der Waals surface area (Å²) in [6, 6.07) is 3.68. The second kappa shape index (κ2) is 6.76. The Bertz CT molecular complexity index is 607. The van der Waals surface area contributed by atoms with Gasteiger partial charge in [-0.15, -0.1) is 12.4 Å². The van der Waals surface area contributed by atoms with Gasteiger partial charge >= 0.3 is 0 Å². The van der Waals surface area contributed by atoms with Gasteiger partial charge in [0.2, 0.25) is 10.0 Å². The molecule has 0 amide bonds. The summed E-state index contributed by atoms with van der Waals surface area (Å²) >= 11 is 0. The fraction of sp³-hybridized carbons (Fsp3) is 0.364. The quantitative estimate of drug-likeness (QED) is 0.847. The molecule has 1 heterocycles. The second-order valence-corrected chi connectivity index (χ2v) is 5.84. The molecular formula is C11H15ClFN3O3S. The number of aliphatic imine (C=N–C) groups is 1. The van der Waals surface area contributed by atoms with Crippen LogP contribution in [0.5, 0.6) is 5.75 Å². The molecule has 9 heteroatoms. The SMILES string of the molecule is CS(=O)(=O)Nc1cc(F)cc(OCC2=NCCN2)c1.Cl. The first kappa shape index (κ1) is 16.5. The summed E-state index contributed by atoms with van der Waals surface area (Å²) in [7, 11) is -3.45. The van der Waals surface area contributed by atoms with E-state index in [-0.39, 0.29) is 30.5 Å². The number of halogens is 2. The Hall–Kier alpha value is -1.54. The molecule has 112 valence electrons. The van der Waals surface area contributed by atoms with E-state index in [4.69, 9.17) is 4.74 Å². The third-order valence-corrected chi connectivity index (χ3v) is 2.90. The minimum Gasteiger partial charge on any atom is -0.486 e. The van der Waals surface area contributed by atoms with Crippen LogP contribution >= 0.6 is 12.4 Å². The van der Waals surface area contributed by atoms with Gasteiger partial charge in [0.25, 0.3) is 0 Å². The van der Waals surface area contributed by atoms with E-state index in [1.54, 1.807) is 0 Å². The van der Waals surface area contributed by atoms with Crippen LogP contribution in [-0.2, 0) is 10.0 Å². The van der Waals surface area contributed by atoms with Crippen LogP contribution in [0.4, 0.5) is 10.1 Å². The number of hydrogen-bond acceptors (Lipinski definition) is 5. The average Bonchev–Trinajstić information content (AvgIpc) is 2.75. The molecule has 0 saturated carbocycles. The highest BCUT2D eigenvalue weighted by molar-refractivity contribution is 7.92. The Balaban J connectivity index is 0.00000200. The molecule has 1 aromatic rings. The molecule has 0 fully saturated rings. The molecular weight excluding hydrogens is 309 g/mol. The van der Waals surface area contributed by atoms with Gasteiger partial charge in [-0.1, -0.05) is 0 Å². The molecule has 20 heavy (non-hydrogen) atoms. The van der Waals surface area contributed by atoms with E-state index in [2.05, 4.69) is 15.0 Å². The number of amidine groups is 1. The highest BCUT2D eigenvalue weighted by Crippen LogP contribution is 2.21. The van der Waals surface area contributed by atoms with Crippen molar-refractivity contribution in [2.24, 2.45) is 4.99 Å². The first-order valence-electron chi connectivity index (χ1n) is 5.61. The van der Waals surface area contributed by atoms with E-state index in [9.17, 15) is 12.8 Å². The standard InChI is InChI=1S/C11H14FN3O3S.ClH/c1-19(16,17)15-9-4-8(12)5-10(6-9)18-7-11-13-2-3-14-11;/h4-6,15H,2-3,7H2,1H3,(H,13,14);1H. The van der Waals surface area contributed by atoms with Crippen molar-refractivity contribution in [3.63, 3.8) is 0 Å². The van der Waals surface area contributed by atoms with Crippen molar-refractivity contribution in [2.45, 2.75) is 0 Å². The second-order valence-electron chi connectivity index (χ2n) is 4.09. The Kier molecular flexibility index (Phi) is 5.58. The lowest BCUT2D eigenvalue weighted by Crippen LogP contribution is -2.24. The summed E-state index contributed by atoms with van der Waals surface area (Å²) in [6.45, 7) is 1.66. The highest BCUT2D eigenvalue weighted by Gasteiger charge is 2.09. The highest BCUT2D eigenvalue weighted by atomic mass is 35.5. The zero-order chi connectivity index (χ0) is 13.9. The molecule has 2 N–H and O–H groups in total. The average molecular weight is 324 g/mol. The van der Waals surface area contributed by atoms with Gasteiger partial charge in [0, 0.05) is 18.7 Å². The maximum absolute atomic E-state index is 13.3. The maximum Gasteiger partial charge on any atom is 0.229 e. The zero-order valence-electron chi connectivity index (χ0n) is 10.7. The Morgan fingerprint density at radius 1 is 1.45 bits per heavy atom. The first-order valence-corrected chi connectivity index (χ1v) is 7.50. The molecule has 0 unspecified atom stereocenters. The van der Waals surface area contributed by atoms with Crippen molar-refractivity contribution in [2.75, 3.05) is 30.7 Å². The van der Waals surface area contributed by atoms with E-state index in [1.807, 2.05) is 0 Å². The molecule has 0 radical (unpaired) electrons. The van der Waals surface area contributed by atoms with Gasteiger partial charge in [0.15, 0.2) is 0 Å². The minimum absolute atomic E-state index is 0. The number of sulfonamides is 1. The number of hydrogen-bond donors (Lipinski definition) is 2. The third kappa shape index (κ3) is 5.22. The van der Waals surface area contributed by atoms with Crippen LogP contribution in [0.2, 0.25) is 0 Å². The number of nitrogens with one attached hydrogen (secondary N) is 2. The zero-order valence-corrected chi connectivity index (χ0v) is 12.4. The largest absolute Gasteiger partial charge is 0.486 e. The van der Waals surface area contributed by atoms with Gasteiger partial charge in [0.1, 0.15) is 24.0 Å². The molecule has 0 atom stereocenters. The van der Waals surface area contributed by atoms with Crippen LogP contribution in [0.3, 0.4) is 0 Å². The molecule has 1 aliphatic rings. The van der Waals surface area contributed by atoms with Gasteiger partial charge in [-0.2, -0.15) is 0 Å². The monoisotopic (exact) mass is 323 g/mol. The summed E-state index contributed by atoms with van der Waals surface area (Å²) in [6.07, 6.45) is 0.996. The van der Waals surface area contributed by atoms with Crippen molar-refractivity contribution in [3.8, 4) is 5.75 Å². The van der Waals surface area contributed by atoms with E-state index >= 15 is 0 Å². The predicted molar refractivity (Wildman–Crippen MR) is 77.9 cm³/mol. The first-order chi connectivity index (χ1) is 8.92. The summed E-state index contributed by atoms with van der Waals surface area (Å²) in [5.41, 5.74) is 0.124. The van der Waals surface area contributed by atoms with Crippen LogP contribution in [-0.4, -0.2) is 40.2 Å². The van der Waals surface area contributed by atoms with Crippen molar-refractivity contribution < 1.29 is 17.5 Å². The molecule has 0 aromatic heterocycles. The van der Waals surface area contributed by atoms with E-state index < -0.39 is 15.8 Å². The summed E-state index contributed by atoms with van der Waals surface area (Å²) in [5.74, 6) is 0.356.